The van der Waals surface area contributed by atoms with Crippen LogP contribution in [0, 0.1) is 5.92 Å². The average molecular weight is 227 g/mol. The van der Waals surface area contributed by atoms with Crippen molar-refractivity contribution in [2.75, 3.05) is 33.2 Å². The van der Waals surface area contributed by atoms with Crippen molar-refractivity contribution in [3.8, 4) is 0 Å². The van der Waals surface area contributed by atoms with Gasteiger partial charge in [-0.15, -0.1) is 0 Å². The Kier molecular flexibility index (Phi) is 5.22. The molecule has 1 aliphatic rings. The second-order valence-corrected chi connectivity index (χ2v) is 5.09. The lowest BCUT2D eigenvalue weighted by atomic mass is 9.97. The van der Waals surface area contributed by atoms with Crippen LogP contribution < -0.4 is 5.73 Å². The predicted octanol–water partition coefficient (Wildman–Crippen LogP) is 0.524. The summed E-state index contributed by atoms with van der Waals surface area (Å²) < 4.78 is 0. The summed E-state index contributed by atoms with van der Waals surface area (Å²) in [4.78, 5) is 15.8. The molecule has 0 aromatic heterocycles. The molecule has 1 atom stereocenters. The number of nitrogens with zero attached hydrogens (tertiary/aromatic N) is 2. The van der Waals surface area contributed by atoms with Crippen molar-refractivity contribution in [1.29, 1.82) is 0 Å². The van der Waals surface area contributed by atoms with Crippen LogP contribution >= 0.6 is 0 Å². The molecule has 1 aliphatic heterocycles. The molecule has 1 saturated heterocycles. The molecule has 1 heterocycles. The number of hydrogen-bond donors (Lipinski definition) is 1. The fourth-order valence-electron chi connectivity index (χ4n) is 2.19. The van der Waals surface area contributed by atoms with Crippen LogP contribution in [0.1, 0.15) is 26.7 Å². The van der Waals surface area contributed by atoms with Gasteiger partial charge in [-0.05, 0) is 39.7 Å². The van der Waals surface area contributed by atoms with E-state index in [1.165, 1.54) is 6.42 Å². The first-order valence-corrected chi connectivity index (χ1v) is 6.22. The van der Waals surface area contributed by atoms with E-state index in [4.69, 9.17) is 5.73 Å². The monoisotopic (exact) mass is 227 g/mol. The van der Waals surface area contributed by atoms with Crippen molar-refractivity contribution in [1.82, 2.24) is 9.80 Å². The average Bonchev–Trinajstić information content (AvgIpc) is 2.28. The molecule has 0 aromatic carbocycles. The minimum Gasteiger partial charge on any atom is -0.341 e. The van der Waals surface area contributed by atoms with Gasteiger partial charge < -0.3 is 15.5 Å². The number of amides is 1. The van der Waals surface area contributed by atoms with Crippen molar-refractivity contribution < 1.29 is 4.79 Å². The summed E-state index contributed by atoms with van der Waals surface area (Å²) in [6, 6.07) is 0.570. The molecule has 0 aromatic rings. The van der Waals surface area contributed by atoms with Crippen LogP contribution in [0.25, 0.3) is 0 Å². The lowest BCUT2D eigenvalue weighted by molar-refractivity contribution is -0.131. The third-order valence-corrected chi connectivity index (χ3v) is 3.47. The minimum absolute atomic E-state index is 0.0944. The van der Waals surface area contributed by atoms with E-state index in [0.29, 0.717) is 12.0 Å². The quantitative estimate of drug-likeness (QED) is 0.762. The fourth-order valence-corrected chi connectivity index (χ4v) is 2.19. The molecule has 0 bridgehead atoms. The van der Waals surface area contributed by atoms with Crippen LogP contribution in [0.5, 0.6) is 0 Å². The smallest absolute Gasteiger partial charge is 0.236 e. The van der Waals surface area contributed by atoms with Crippen molar-refractivity contribution in [2.24, 2.45) is 11.7 Å². The van der Waals surface area contributed by atoms with E-state index in [9.17, 15) is 4.79 Å². The van der Waals surface area contributed by atoms with Gasteiger partial charge in [-0.1, -0.05) is 0 Å². The second kappa shape index (κ2) is 6.21. The Morgan fingerprint density at radius 2 is 2.25 bits per heavy atom. The highest BCUT2D eigenvalue weighted by atomic mass is 16.2. The molecule has 2 N–H and O–H groups in total. The van der Waals surface area contributed by atoms with Crippen LogP contribution in [0.15, 0.2) is 0 Å². The third-order valence-electron chi connectivity index (χ3n) is 3.47. The number of piperidine rings is 1. The van der Waals surface area contributed by atoms with E-state index >= 15 is 0 Å². The number of likely N-dealkylation sites (tertiary alicyclic amines) is 1. The molecule has 4 heteroatoms. The highest BCUT2D eigenvalue weighted by Gasteiger charge is 2.23. The maximum atomic E-state index is 11.5. The van der Waals surface area contributed by atoms with Gasteiger partial charge in [-0.2, -0.15) is 0 Å². The van der Waals surface area contributed by atoms with Crippen LogP contribution in [-0.4, -0.2) is 55.0 Å². The standard InChI is InChI=1S/C12H25N3O/c1-10(2)14(3)8-11-5-4-6-15(9-11)12(16)7-13/h10-11H,4-9,13H2,1-3H3. The molecule has 0 radical (unpaired) electrons. The Morgan fingerprint density at radius 1 is 1.56 bits per heavy atom. The van der Waals surface area contributed by atoms with Gasteiger partial charge in [0.15, 0.2) is 0 Å². The molecule has 1 unspecified atom stereocenters. The first kappa shape index (κ1) is 13.5. The van der Waals surface area contributed by atoms with Crippen molar-refractivity contribution >= 4 is 5.91 Å². The molecular formula is C12H25N3O. The van der Waals surface area contributed by atoms with E-state index < -0.39 is 0 Å². The van der Waals surface area contributed by atoms with Gasteiger partial charge in [0.05, 0.1) is 6.54 Å². The van der Waals surface area contributed by atoms with E-state index in [2.05, 4.69) is 25.8 Å². The lowest BCUT2D eigenvalue weighted by Crippen LogP contribution is -2.46. The maximum absolute atomic E-state index is 11.5. The van der Waals surface area contributed by atoms with Crippen LogP contribution in [0.3, 0.4) is 0 Å². The Bertz CT molecular complexity index is 230. The van der Waals surface area contributed by atoms with Gasteiger partial charge in [-0.25, -0.2) is 0 Å². The zero-order chi connectivity index (χ0) is 12.1. The lowest BCUT2D eigenvalue weighted by Gasteiger charge is -2.35. The summed E-state index contributed by atoms with van der Waals surface area (Å²) in [7, 11) is 2.15. The van der Waals surface area contributed by atoms with E-state index in [1.54, 1.807) is 0 Å². The molecule has 1 fully saturated rings. The Hall–Kier alpha value is -0.610. The molecule has 94 valence electrons. The summed E-state index contributed by atoms with van der Waals surface area (Å²) in [5, 5.41) is 0. The fraction of sp³-hybridized carbons (Fsp3) is 0.917. The first-order valence-electron chi connectivity index (χ1n) is 6.22. The minimum atomic E-state index is 0.0944. The molecule has 0 spiro atoms. The number of nitrogens with two attached hydrogens (primary N) is 1. The van der Waals surface area contributed by atoms with E-state index in [1.807, 2.05) is 4.90 Å². The van der Waals surface area contributed by atoms with Crippen molar-refractivity contribution in [3.05, 3.63) is 0 Å². The van der Waals surface area contributed by atoms with Gasteiger partial charge in [0.25, 0.3) is 0 Å². The summed E-state index contributed by atoms with van der Waals surface area (Å²) in [5.41, 5.74) is 5.40. The SMILES string of the molecule is CC(C)N(C)CC1CCCN(C(=O)CN)C1. The molecular weight excluding hydrogens is 202 g/mol. The maximum Gasteiger partial charge on any atom is 0.236 e. The summed E-state index contributed by atoms with van der Waals surface area (Å²) in [6.45, 7) is 7.39. The molecule has 1 rings (SSSR count). The number of rotatable bonds is 4. The second-order valence-electron chi connectivity index (χ2n) is 5.09. The topological polar surface area (TPSA) is 49.6 Å². The number of carbonyl (C=O) groups excluding carboxylic acids is 1. The van der Waals surface area contributed by atoms with Gasteiger partial charge in [0.2, 0.25) is 5.91 Å². The normalized spacial score (nSPS) is 21.9. The number of carbonyl (C=O) groups is 1. The summed E-state index contributed by atoms with van der Waals surface area (Å²) in [6.07, 6.45) is 2.34. The van der Waals surface area contributed by atoms with Gasteiger partial charge in [0, 0.05) is 25.7 Å². The molecule has 0 aliphatic carbocycles. The number of hydrogen-bond acceptors (Lipinski definition) is 3. The van der Waals surface area contributed by atoms with Crippen molar-refractivity contribution in [2.45, 2.75) is 32.7 Å². The molecule has 4 nitrogen and oxygen atoms in total. The largest absolute Gasteiger partial charge is 0.341 e. The first-order chi connectivity index (χ1) is 7.54. The van der Waals surface area contributed by atoms with Crippen LogP contribution in [0.4, 0.5) is 0 Å². The van der Waals surface area contributed by atoms with Crippen molar-refractivity contribution in [3.63, 3.8) is 0 Å². The van der Waals surface area contributed by atoms with Gasteiger partial charge in [0.1, 0.15) is 0 Å². The Labute approximate surface area is 98.8 Å². The third kappa shape index (κ3) is 3.76. The molecule has 0 saturated carbocycles. The predicted molar refractivity (Wildman–Crippen MR) is 66.1 cm³/mol. The van der Waals surface area contributed by atoms with Gasteiger partial charge >= 0.3 is 0 Å². The van der Waals surface area contributed by atoms with Crippen LogP contribution in [-0.2, 0) is 4.79 Å². The zero-order valence-electron chi connectivity index (χ0n) is 10.8. The summed E-state index contributed by atoms with van der Waals surface area (Å²) >= 11 is 0. The zero-order valence-corrected chi connectivity index (χ0v) is 10.8. The highest BCUT2D eigenvalue weighted by molar-refractivity contribution is 5.78. The Balaban J connectivity index is 2.41. The van der Waals surface area contributed by atoms with Crippen LogP contribution in [0.2, 0.25) is 0 Å². The molecule has 16 heavy (non-hydrogen) atoms. The van der Waals surface area contributed by atoms with E-state index in [-0.39, 0.29) is 12.5 Å². The summed E-state index contributed by atoms with van der Waals surface area (Å²) in [5.74, 6) is 0.702. The van der Waals surface area contributed by atoms with E-state index in [0.717, 1.165) is 26.1 Å². The Morgan fingerprint density at radius 3 is 2.81 bits per heavy atom. The van der Waals surface area contributed by atoms with Gasteiger partial charge in [-0.3, -0.25) is 4.79 Å². The molecule has 1 amide bonds. The highest BCUT2D eigenvalue weighted by Crippen LogP contribution is 2.17.